The van der Waals surface area contributed by atoms with Gasteiger partial charge in [0.2, 0.25) is 0 Å². The first-order valence-corrected chi connectivity index (χ1v) is 5.11. The summed E-state index contributed by atoms with van der Waals surface area (Å²) in [4.78, 5) is 2.57. The van der Waals surface area contributed by atoms with Gasteiger partial charge >= 0.3 is 0 Å². The SMILES string of the molecule is CC(C)CN(C(C)CN)C1CC1. The van der Waals surface area contributed by atoms with Crippen LogP contribution < -0.4 is 5.73 Å². The Bertz CT molecular complexity index is 130. The van der Waals surface area contributed by atoms with Crippen LogP contribution in [0.25, 0.3) is 0 Å². The number of hydrogen-bond acceptors (Lipinski definition) is 2. The number of nitrogens with zero attached hydrogens (tertiary/aromatic N) is 1. The van der Waals surface area contributed by atoms with E-state index in [4.69, 9.17) is 5.73 Å². The fourth-order valence-electron chi connectivity index (χ4n) is 1.65. The van der Waals surface area contributed by atoms with Gasteiger partial charge in [0, 0.05) is 25.2 Å². The van der Waals surface area contributed by atoms with Crippen LogP contribution in [0.2, 0.25) is 0 Å². The molecule has 0 aromatic heterocycles. The van der Waals surface area contributed by atoms with Crippen LogP contribution >= 0.6 is 0 Å². The molecule has 0 aromatic carbocycles. The van der Waals surface area contributed by atoms with E-state index >= 15 is 0 Å². The van der Waals surface area contributed by atoms with Gasteiger partial charge in [-0.2, -0.15) is 0 Å². The predicted molar refractivity (Wildman–Crippen MR) is 53.1 cm³/mol. The summed E-state index contributed by atoms with van der Waals surface area (Å²) in [5.41, 5.74) is 5.67. The average molecular weight is 170 g/mol. The fraction of sp³-hybridized carbons (Fsp3) is 1.00. The van der Waals surface area contributed by atoms with E-state index in [1.165, 1.54) is 19.4 Å². The van der Waals surface area contributed by atoms with E-state index in [0.717, 1.165) is 18.5 Å². The molecule has 0 amide bonds. The van der Waals surface area contributed by atoms with Gasteiger partial charge in [-0.3, -0.25) is 4.90 Å². The van der Waals surface area contributed by atoms with Crippen molar-refractivity contribution in [2.24, 2.45) is 11.7 Å². The van der Waals surface area contributed by atoms with Gasteiger partial charge < -0.3 is 5.73 Å². The van der Waals surface area contributed by atoms with Gasteiger partial charge in [-0.1, -0.05) is 13.8 Å². The highest BCUT2D eigenvalue weighted by Crippen LogP contribution is 2.28. The smallest absolute Gasteiger partial charge is 0.0193 e. The Morgan fingerprint density at radius 3 is 2.25 bits per heavy atom. The fourth-order valence-corrected chi connectivity index (χ4v) is 1.65. The first-order valence-electron chi connectivity index (χ1n) is 5.11. The Morgan fingerprint density at radius 2 is 1.92 bits per heavy atom. The highest BCUT2D eigenvalue weighted by Gasteiger charge is 2.31. The molecule has 1 rings (SSSR count). The third-order valence-corrected chi connectivity index (χ3v) is 2.50. The summed E-state index contributed by atoms with van der Waals surface area (Å²) in [5.74, 6) is 0.764. The third-order valence-electron chi connectivity index (χ3n) is 2.50. The van der Waals surface area contributed by atoms with Crippen LogP contribution in [0.4, 0.5) is 0 Å². The van der Waals surface area contributed by atoms with E-state index < -0.39 is 0 Å². The first-order chi connectivity index (χ1) is 5.65. The van der Waals surface area contributed by atoms with Crippen LogP contribution in [0.1, 0.15) is 33.6 Å². The van der Waals surface area contributed by atoms with Crippen molar-refractivity contribution >= 4 is 0 Å². The lowest BCUT2D eigenvalue weighted by Gasteiger charge is -2.29. The molecule has 0 aromatic rings. The lowest BCUT2D eigenvalue weighted by Crippen LogP contribution is -2.42. The van der Waals surface area contributed by atoms with Crippen molar-refractivity contribution in [1.29, 1.82) is 0 Å². The molecule has 0 aliphatic heterocycles. The Labute approximate surface area is 76.1 Å². The lowest BCUT2D eigenvalue weighted by molar-refractivity contribution is 0.180. The monoisotopic (exact) mass is 170 g/mol. The molecule has 2 nitrogen and oxygen atoms in total. The Balaban J connectivity index is 2.37. The summed E-state index contributed by atoms with van der Waals surface area (Å²) in [5, 5.41) is 0. The van der Waals surface area contributed by atoms with E-state index in [1.54, 1.807) is 0 Å². The van der Waals surface area contributed by atoms with Crippen LogP contribution in [0.15, 0.2) is 0 Å². The maximum atomic E-state index is 5.67. The van der Waals surface area contributed by atoms with E-state index in [2.05, 4.69) is 25.7 Å². The maximum absolute atomic E-state index is 5.67. The molecule has 1 unspecified atom stereocenters. The van der Waals surface area contributed by atoms with Gasteiger partial charge in [-0.15, -0.1) is 0 Å². The quantitative estimate of drug-likeness (QED) is 0.676. The maximum Gasteiger partial charge on any atom is 0.0193 e. The van der Waals surface area contributed by atoms with Gasteiger partial charge in [0.1, 0.15) is 0 Å². The second-order valence-corrected chi connectivity index (χ2v) is 4.41. The number of hydrogen-bond donors (Lipinski definition) is 1. The minimum atomic E-state index is 0.569. The molecule has 0 radical (unpaired) electrons. The molecule has 0 heterocycles. The summed E-state index contributed by atoms with van der Waals surface area (Å²) >= 11 is 0. The molecule has 0 saturated heterocycles. The summed E-state index contributed by atoms with van der Waals surface area (Å²) in [6.07, 6.45) is 2.77. The zero-order chi connectivity index (χ0) is 9.14. The van der Waals surface area contributed by atoms with Crippen molar-refractivity contribution in [3.8, 4) is 0 Å². The third kappa shape index (κ3) is 2.76. The normalized spacial score (nSPS) is 20.5. The van der Waals surface area contributed by atoms with Gasteiger partial charge in [0.15, 0.2) is 0 Å². The minimum absolute atomic E-state index is 0.569. The van der Waals surface area contributed by atoms with E-state index in [-0.39, 0.29) is 0 Å². The number of nitrogens with two attached hydrogens (primary N) is 1. The van der Waals surface area contributed by atoms with E-state index in [9.17, 15) is 0 Å². The minimum Gasteiger partial charge on any atom is -0.329 e. The molecule has 0 bridgehead atoms. The molecule has 72 valence electrons. The Hall–Kier alpha value is -0.0800. The van der Waals surface area contributed by atoms with Crippen LogP contribution in [0, 0.1) is 5.92 Å². The van der Waals surface area contributed by atoms with Gasteiger partial charge in [-0.05, 0) is 25.7 Å². The molecular formula is C10H22N2. The molecular weight excluding hydrogens is 148 g/mol. The molecule has 2 N–H and O–H groups in total. The van der Waals surface area contributed by atoms with Gasteiger partial charge in [0.25, 0.3) is 0 Å². The Kier molecular flexibility index (Phi) is 3.53. The summed E-state index contributed by atoms with van der Waals surface area (Å²) in [6, 6.07) is 1.42. The summed E-state index contributed by atoms with van der Waals surface area (Å²) in [7, 11) is 0. The van der Waals surface area contributed by atoms with Crippen molar-refractivity contribution in [2.45, 2.75) is 45.7 Å². The summed E-state index contributed by atoms with van der Waals surface area (Å²) < 4.78 is 0. The zero-order valence-electron chi connectivity index (χ0n) is 8.59. The second-order valence-electron chi connectivity index (χ2n) is 4.41. The van der Waals surface area contributed by atoms with Crippen LogP contribution in [-0.4, -0.2) is 30.1 Å². The number of rotatable bonds is 5. The standard InChI is InChI=1S/C10H22N2/c1-8(2)7-12(9(3)6-11)10-4-5-10/h8-10H,4-7,11H2,1-3H3. The molecule has 1 aliphatic carbocycles. The topological polar surface area (TPSA) is 29.3 Å². The van der Waals surface area contributed by atoms with Gasteiger partial charge in [-0.25, -0.2) is 0 Å². The van der Waals surface area contributed by atoms with Crippen LogP contribution in [-0.2, 0) is 0 Å². The Morgan fingerprint density at radius 1 is 1.33 bits per heavy atom. The zero-order valence-corrected chi connectivity index (χ0v) is 8.59. The average Bonchev–Trinajstić information content (AvgIpc) is 2.81. The molecule has 1 fully saturated rings. The van der Waals surface area contributed by atoms with Crippen LogP contribution in [0.3, 0.4) is 0 Å². The molecule has 2 heteroatoms. The molecule has 1 aliphatic rings. The first kappa shape index (κ1) is 10.0. The molecule has 1 atom stereocenters. The van der Waals surface area contributed by atoms with Crippen molar-refractivity contribution < 1.29 is 0 Å². The van der Waals surface area contributed by atoms with E-state index in [1.807, 2.05) is 0 Å². The molecule has 12 heavy (non-hydrogen) atoms. The highest BCUT2D eigenvalue weighted by atomic mass is 15.2. The van der Waals surface area contributed by atoms with Crippen molar-refractivity contribution in [3.05, 3.63) is 0 Å². The van der Waals surface area contributed by atoms with Gasteiger partial charge in [0.05, 0.1) is 0 Å². The van der Waals surface area contributed by atoms with E-state index in [0.29, 0.717) is 6.04 Å². The summed E-state index contributed by atoms with van der Waals surface area (Å²) in [6.45, 7) is 8.80. The van der Waals surface area contributed by atoms with Crippen molar-refractivity contribution in [3.63, 3.8) is 0 Å². The van der Waals surface area contributed by atoms with Crippen molar-refractivity contribution in [2.75, 3.05) is 13.1 Å². The highest BCUT2D eigenvalue weighted by molar-refractivity contribution is 4.88. The largest absolute Gasteiger partial charge is 0.329 e. The van der Waals surface area contributed by atoms with Crippen molar-refractivity contribution in [1.82, 2.24) is 4.90 Å². The molecule has 1 saturated carbocycles. The molecule has 0 spiro atoms. The predicted octanol–water partition coefficient (Wildman–Crippen LogP) is 1.45. The lowest BCUT2D eigenvalue weighted by atomic mass is 10.1. The van der Waals surface area contributed by atoms with Crippen LogP contribution in [0.5, 0.6) is 0 Å². The second kappa shape index (κ2) is 4.24.